The molecule has 0 bridgehead atoms. The van der Waals surface area contributed by atoms with Crippen LogP contribution in [0, 0.1) is 12.7 Å². The number of carbonyl (C=O) groups excluding carboxylic acids is 1. The minimum Gasteiger partial charge on any atom is -0.493 e. The van der Waals surface area contributed by atoms with Gasteiger partial charge in [-0.05, 0) is 30.7 Å². The van der Waals surface area contributed by atoms with Crippen molar-refractivity contribution in [1.29, 1.82) is 0 Å². The number of hydrazine groups is 1. The molecule has 2 aromatic carbocycles. The number of hydrogen-bond donors (Lipinski definition) is 2. The minimum absolute atomic E-state index is 0.112. The minimum atomic E-state index is -4.10. The maximum Gasteiger partial charge on any atom is 0.269 e. The van der Waals surface area contributed by atoms with Crippen molar-refractivity contribution in [1.82, 2.24) is 10.3 Å². The molecular weight excluding hydrogens is 351 g/mol. The predicted molar refractivity (Wildman–Crippen MR) is 88.5 cm³/mol. The highest BCUT2D eigenvalue weighted by atomic mass is 32.2. The van der Waals surface area contributed by atoms with Gasteiger partial charge in [-0.2, -0.15) is 0 Å². The Kier molecular flexibility index (Phi) is 5.60. The third-order valence-corrected chi connectivity index (χ3v) is 4.78. The van der Waals surface area contributed by atoms with Gasteiger partial charge in [0.1, 0.15) is 5.82 Å². The van der Waals surface area contributed by atoms with Gasteiger partial charge in [-0.3, -0.25) is 10.2 Å². The number of benzene rings is 2. The Hall–Kier alpha value is -2.65. The SMILES string of the molecule is COc1cc(C)c(S(=O)(=O)NNC(=O)c2ccccc2F)cc1OC. The molecule has 134 valence electrons. The maximum absolute atomic E-state index is 13.6. The number of rotatable bonds is 6. The molecule has 2 N–H and O–H groups in total. The molecule has 0 saturated carbocycles. The maximum atomic E-state index is 13.6. The number of methoxy groups -OCH3 is 2. The Morgan fingerprint density at radius 2 is 1.68 bits per heavy atom. The van der Waals surface area contributed by atoms with Gasteiger partial charge in [0, 0.05) is 6.07 Å². The predicted octanol–water partition coefficient (Wildman–Crippen LogP) is 1.77. The second kappa shape index (κ2) is 7.49. The molecule has 7 nitrogen and oxygen atoms in total. The van der Waals surface area contributed by atoms with Crippen molar-refractivity contribution in [3.05, 3.63) is 53.3 Å². The number of halogens is 1. The van der Waals surface area contributed by atoms with Gasteiger partial charge in [-0.1, -0.05) is 12.1 Å². The van der Waals surface area contributed by atoms with E-state index >= 15 is 0 Å². The fourth-order valence-electron chi connectivity index (χ4n) is 2.13. The summed E-state index contributed by atoms with van der Waals surface area (Å²) in [6, 6.07) is 7.98. The van der Waals surface area contributed by atoms with E-state index in [1.165, 1.54) is 44.6 Å². The Bertz CT molecular complexity index is 899. The molecule has 0 aliphatic carbocycles. The van der Waals surface area contributed by atoms with Crippen molar-refractivity contribution >= 4 is 15.9 Å². The summed E-state index contributed by atoms with van der Waals surface area (Å²) in [6.45, 7) is 1.56. The molecule has 25 heavy (non-hydrogen) atoms. The van der Waals surface area contributed by atoms with Crippen molar-refractivity contribution in [3.63, 3.8) is 0 Å². The lowest BCUT2D eigenvalue weighted by Gasteiger charge is -2.14. The van der Waals surface area contributed by atoms with Gasteiger partial charge in [-0.15, -0.1) is 4.83 Å². The molecule has 0 radical (unpaired) electrons. The number of hydrogen-bond acceptors (Lipinski definition) is 5. The Labute approximate surface area is 144 Å². The quantitative estimate of drug-likeness (QED) is 0.758. The summed E-state index contributed by atoms with van der Waals surface area (Å²) >= 11 is 0. The van der Waals surface area contributed by atoms with Crippen LogP contribution in [0.3, 0.4) is 0 Å². The first-order chi connectivity index (χ1) is 11.8. The van der Waals surface area contributed by atoms with Crippen molar-refractivity contribution < 1.29 is 27.1 Å². The highest BCUT2D eigenvalue weighted by molar-refractivity contribution is 7.89. The van der Waals surface area contributed by atoms with Gasteiger partial charge in [0.15, 0.2) is 11.5 Å². The molecular formula is C16H17FN2O5S. The first-order valence-corrected chi connectivity index (χ1v) is 8.57. The van der Waals surface area contributed by atoms with E-state index in [-0.39, 0.29) is 16.2 Å². The third kappa shape index (κ3) is 4.06. The Morgan fingerprint density at radius 3 is 2.28 bits per heavy atom. The number of amides is 1. The molecule has 0 aliphatic rings. The van der Waals surface area contributed by atoms with Crippen LogP contribution >= 0.6 is 0 Å². The van der Waals surface area contributed by atoms with E-state index in [1.807, 2.05) is 10.3 Å². The zero-order chi connectivity index (χ0) is 18.6. The van der Waals surface area contributed by atoms with E-state index in [9.17, 15) is 17.6 Å². The highest BCUT2D eigenvalue weighted by Crippen LogP contribution is 2.32. The van der Waals surface area contributed by atoms with Crippen LogP contribution in [0.4, 0.5) is 4.39 Å². The van der Waals surface area contributed by atoms with E-state index in [0.717, 1.165) is 6.07 Å². The van der Waals surface area contributed by atoms with E-state index in [2.05, 4.69) is 0 Å². The zero-order valence-electron chi connectivity index (χ0n) is 13.8. The first-order valence-electron chi connectivity index (χ1n) is 7.09. The number of sulfonamides is 1. The number of ether oxygens (including phenoxy) is 2. The average molecular weight is 368 g/mol. The van der Waals surface area contributed by atoms with Gasteiger partial charge in [0.25, 0.3) is 15.9 Å². The lowest BCUT2D eigenvalue weighted by molar-refractivity contribution is 0.0941. The first kappa shape index (κ1) is 18.7. The largest absolute Gasteiger partial charge is 0.493 e. The molecule has 0 aromatic heterocycles. The van der Waals surface area contributed by atoms with Crippen molar-refractivity contribution in [2.24, 2.45) is 0 Å². The normalized spacial score (nSPS) is 11.0. The van der Waals surface area contributed by atoms with E-state index in [4.69, 9.17) is 9.47 Å². The van der Waals surface area contributed by atoms with Gasteiger partial charge >= 0.3 is 0 Å². The van der Waals surface area contributed by atoms with E-state index in [0.29, 0.717) is 11.3 Å². The second-order valence-electron chi connectivity index (χ2n) is 5.01. The van der Waals surface area contributed by atoms with Crippen LogP contribution in [0.2, 0.25) is 0 Å². The zero-order valence-corrected chi connectivity index (χ0v) is 14.6. The van der Waals surface area contributed by atoms with Crippen molar-refractivity contribution in [3.8, 4) is 11.5 Å². The lowest BCUT2D eigenvalue weighted by atomic mass is 10.2. The monoisotopic (exact) mass is 368 g/mol. The van der Waals surface area contributed by atoms with Gasteiger partial charge in [0.05, 0.1) is 24.7 Å². The van der Waals surface area contributed by atoms with Gasteiger partial charge in [-0.25, -0.2) is 12.8 Å². The Morgan fingerprint density at radius 1 is 1.08 bits per heavy atom. The topological polar surface area (TPSA) is 93.7 Å². The fraction of sp³-hybridized carbons (Fsp3) is 0.188. The van der Waals surface area contributed by atoms with Crippen LogP contribution in [0.15, 0.2) is 41.3 Å². The summed E-state index contributed by atoms with van der Waals surface area (Å²) in [5, 5.41) is 0. The van der Waals surface area contributed by atoms with Crippen molar-refractivity contribution in [2.45, 2.75) is 11.8 Å². The van der Waals surface area contributed by atoms with Crippen LogP contribution in [-0.2, 0) is 10.0 Å². The summed E-state index contributed by atoms with van der Waals surface area (Å²) in [5.74, 6) is -1.09. The lowest BCUT2D eigenvalue weighted by Crippen LogP contribution is -2.42. The second-order valence-corrected chi connectivity index (χ2v) is 6.66. The molecule has 9 heteroatoms. The number of nitrogens with one attached hydrogen (secondary N) is 2. The highest BCUT2D eigenvalue weighted by Gasteiger charge is 2.22. The molecule has 0 heterocycles. The Balaban J connectivity index is 2.25. The summed E-state index contributed by atoms with van der Waals surface area (Å²) in [4.78, 5) is 13.8. The van der Waals surface area contributed by atoms with Crippen LogP contribution in [-0.4, -0.2) is 28.5 Å². The average Bonchev–Trinajstić information content (AvgIpc) is 2.59. The van der Waals surface area contributed by atoms with Crippen LogP contribution in [0.5, 0.6) is 11.5 Å². The molecule has 0 saturated heterocycles. The number of carbonyl (C=O) groups is 1. The summed E-state index contributed by atoms with van der Waals surface area (Å²) < 4.78 is 48.6. The van der Waals surface area contributed by atoms with Gasteiger partial charge in [0.2, 0.25) is 0 Å². The molecule has 2 rings (SSSR count). The van der Waals surface area contributed by atoms with E-state index < -0.39 is 21.7 Å². The molecule has 0 fully saturated rings. The third-order valence-electron chi connectivity index (χ3n) is 3.39. The smallest absolute Gasteiger partial charge is 0.269 e. The molecule has 0 atom stereocenters. The summed E-state index contributed by atoms with van der Waals surface area (Å²) in [5.41, 5.74) is 2.08. The van der Waals surface area contributed by atoms with E-state index in [1.54, 1.807) is 6.92 Å². The fourth-order valence-corrected chi connectivity index (χ4v) is 3.21. The summed E-state index contributed by atoms with van der Waals surface area (Å²) in [7, 11) is -1.30. The van der Waals surface area contributed by atoms with Crippen LogP contribution in [0.25, 0.3) is 0 Å². The summed E-state index contributed by atoms with van der Waals surface area (Å²) in [6.07, 6.45) is 0. The molecule has 2 aromatic rings. The molecule has 0 unspecified atom stereocenters. The van der Waals surface area contributed by atoms with Crippen LogP contribution in [0.1, 0.15) is 15.9 Å². The van der Waals surface area contributed by atoms with Gasteiger partial charge < -0.3 is 9.47 Å². The molecule has 0 aliphatic heterocycles. The molecule has 1 amide bonds. The molecule has 0 spiro atoms. The van der Waals surface area contributed by atoms with Crippen molar-refractivity contribution in [2.75, 3.05) is 14.2 Å². The number of aryl methyl sites for hydroxylation is 1. The van der Waals surface area contributed by atoms with Crippen LogP contribution < -0.4 is 19.7 Å². The standard InChI is InChI=1S/C16H17FN2O5S/c1-10-8-13(23-2)14(24-3)9-15(10)25(21,22)19-18-16(20)11-6-4-5-7-12(11)17/h4-9,19H,1-3H3,(H,18,20).